The van der Waals surface area contributed by atoms with E-state index >= 15 is 0 Å². The molecule has 3 N–H and O–H groups in total. The third-order valence-corrected chi connectivity index (χ3v) is 3.75. The van der Waals surface area contributed by atoms with Gasteiger partial charge in [0.25, 0.3) is 0 Å². The molecule has 7 heteroatoms. The Morgan fingerprint density at radius 2 is 2.00 bits per heavy atom. The molecule has 118 valence electrons. The van der Waals surface area contributed by atoms with Gasteiger partial charge in [0.2, 0.25) is 0 Å². The van der Waals surface area contributed by atoms with Crippen LogP contribution in [0.5, 0.6) is 0 Å². The van der Waals surface area contributed by atoms with Gasteiger partial charge in [0, 0.05) is 24.4 Å². The number of fused-ring (bicyclic) bond motifs is 1. The van der Waals surface area contributed by atoms with Crippen LogP contribution in [-0.4, -0.2) is 46.4 Å². The van der Waals surface area contributed by atoms with Crippen LogP contribution in [-0.2, 0) is 9.59 Å². The van der Waals surface area contributed by atoms with Crippen molar-refractivity contribution in [2.75, 3.05) is 11.9 Å². The Bertz CT molecular complexity index is 545. The molecule has 0 radical (unpaired) electrons. The minimum atomic E-state index is -1.26. The topological polar surface area (TPSA) is 103 Å². The Kier molecular flexibility index (Phi) is 5.11. The van der Waals surface area contributed by atoms with Crippen LogP contribution in [0.1, 0.15) is 12.8 Å². The fraction of sp³-hybridized carbons (Fsp3) is 0.400. The number of aliphatic carboxylic acids is 2. The highest BCUT2D eigenvalue weighted by molar-refractivity contribution is 5.89. The first-order valence-electron chi connectivity index (χ1n) is 7.02. The lowest BCUT2D eigenvalue weighted by Gasteiger charge is -2.28. The van der Waals surface area contributed by atoms with Crippen molar-refractivity contribution in [3.63, 3.8) is 0 Å². The van der Waals surface area contributed by atoms with Crippen LogP contribution >= 0.6 is 0 Å². The Hall–Kier alpha value is -2.41. The fourth-order valence-corrected chi connectivity index (χ4v) is 2.73. The molecule has 3 unspecified atom stereocenters. The number of carboxylic acids is 2. The van der Waals surface area contributed by atoms with Crippen LogP contribution < -0.4 is 10.2 Å². The van der Waals surface area contributed by atoms with Gasteiger partial charge in [0.1, 0.15) is 0 Å². The maximum Gasteiger partial charge on any atom is 0.328 e. The minimum absolute atomic E-state index is 0.517. The van der Waals surface area contributed by atoms with Gasteiger partial charge in [-0.05, 0) is 37.9 Å². The smallest absolute Gasteiger partial charge is 0.328 e. The minimum Gasteiger partial charge on any atom is -0.478 e. The van der Waals surface area contributed by atoms with E-state index in [1.807, 2.05) is 25.5 Å². The zero-order chi connectivity index (χ0) is 16.1. The predicted molar refractivity (Wildman–Crippen MR) is 80.5 cm³/mol. The number of rotatable bonds is 4. The largest absolute Gasteiger partial charge is 0.478 e. The van der Waals surface area contributed by atoms with E-state index in [2.05, 4.69) is 21.3 Å². The second-order valence-corrected chi connectivity index (χ2v) is 5.23. The third kappa shape index (κ3) is 4.05. The first-order valence-corrected chi connectivity index (χ1v) is 7.02. The highest BCUT2D eigenvalue weighted by Gasteiger charge is 2.51. The summed E-state index contributed by atoms with van der Waals surface area (Å²) in [7, 11) is 2.04. The summed E-state index contributed by atoms with van der Waals surface area (Å²) in [5.41, 5.74) is 1.26. The zero-order valence-corrected chi connectivity index (χ0v) is 12.2. The monoisotopic (exact) mass is 305 g/mol. The van der Waals surface area contributed by atoms with Gasteiger partial charge in [-0.2, -0.15) is 0 Å². The third-order valence-electron chi connectivity index (χ3n) is 3.75. The average Bonchev–Trinajstić information content (AvgIpc) is 3.17. The lowest BCUT2D eigenvalue weighted by Crippen LogP contribution is -2.41. The summed E-state index contributed by atoms with van der Waals surface area (Å²) in [5.74, 6) is -1.59. The van der Waals surface area contributed by atoms with Crippen LogP contribution in [0.25, 0.3) is 0 Å². The molecular weight excluding hydrogens is 286 g/mol. The molecule has 2 aliphatic rings. The summed E-state index contributed by atoms with van der Waals surface area (Å²) in [5, 5.41) is 19.0. The van der Waals surface area contributed by atoms with E-state index in [0.29, 0.717) is 18.3 Å². The molecule has 2 fully saturated rings. The summed E-state index contributed by atoms with van der Waals surface area (Å²) in [6.45, 7) is 0. The molecule has 1 saturated carbocycles. The molecule has 7 nitrogen and oxygen atoms in total. The van der Waals surface area contributed by atoms with E-state index in [4.69, 9.17) is 10.2 Å². The Balaban J connectivity index is 0.000000192. The van der Waals surface area contributed by atoms with E-state index in [0.717, 1.165) is 12.0 Å². The van der Waals surface area contributed by atoms with Gasteiger partial charge in [-0.25, -0.2) is 9.59 Å². The molecule has 1 aliphatic carbocycles. The van der Waals surface area contributed by atoms with Gasteiger partial charge in [0.05, 0.1) is 18.1 Å². The summed E-state index contributed by atoms with van der Waals surface area (Å²) < 4.78 is 0. The molecule has 0 spiro atoms. The van der Waals surface area contributed by atoms with E-state index in [1.54, 1.807) is 0 Å². The summed E-state index contributed by atoms with van der Waals surface area (Å²) >= 11 is 0. The highest BCUT2D eigenvalue weighted by Crippen LogP contribution is 2.48. The standard InChI is InChI=1S/C11H15N3.C4H4O4/c1-12-11-6-8-5-10(8)14(11)9-3-2-4-13-7-9;5-3(6)1-2-4(7)8/h2-4,7-8,10-12H,5-6H2,1H3;1-2H,(H,5,6)(H,7,8)/b;2-1+. The number of hydrogen-bond donors (Lipinski definition) is 3. The van der Waals surface area contributed by atoms with Crippen molar-refractivity contribution in [2.24, 2.45) is 5.92 Å². The molecule has 1 saturated heterocycles. The molecule has 0 amide bonds. The van der Waals surface area contributed by atoms with Gasteiger partial charge < -0.3 is 20.4 Å². The number of nitrogens with one attached hydrogen (secondary N) is 1. The van der Waals surface area contributed by atoms with Crippen molar-refractivity contribution in [2.45, 2.75) is 25.0 Å². The van der Waals surface area contributed by atoms with E-state index in [1.165, 1.54) is 18.5 Å². The normalized spacial score (nSPS) is 25.3. The molecular formula is C15H19N3O4. The first kappa shape index (κ1) is 16.0. The van der Waals surface area contributed by atoms with Crippen LogP contribution in [0.15, 0.2) is 36.7 Å². The molecule has 1 aromatic rings. The van der Waals surface area contributed by atoms with Crippen molar-refractivity contribution in [1.29, 1.82) is 0 Å². The van der Waals surface area contributed by atoms with Crippen LogP contribution in [0.4, 0.5) is 5.69 Å². The van der Waals surface area contributed by atoms with E-state index in [9.17, 15) is 9.59 Å². The van der Waals surface area contributed by atoms with E-state index < -0.39 is 11.9 Å². The molecule has 2 heterocycles. The molecule has 1 aliphatic heterocycles. The number of carbonyl (C=O) groups is 2. The van der Waals surface area contributed by atoms with Crippen molar-refractivity contribution >= 4 is 17.6 Å². The summed E-state index contributed by atoms with van der Waals surface area (Å²) in [6, 6.07) is 4.94. The molecule has 0 bridgehead atoms. The summed E-state index contributed by atoms with van der Waals surface area (Å²) in [6.07, 6.45) is 8.08. The van der Waals surface area contributed by atoms with Gasteiger partial charge >= 0.3 is 11.9 Å². The Labute approximate surface area is 128 Å². The van der Waals surface area contributed by atoms with Gasteiger partial charge in [-0.3, -0.25) is 4.98 Å². The fourth-order valence-electron chi connectivity index (χ4n) is 2.73. The highest BCUT2D eigenvalue weighted by atomic mass is 16.4. The number of anilines is 1. The van der Waals surface area contributed by atoms with Crippen LogP contribution in [0.2, 0.25) is 0 Å². The first-order chi connectivity index (χ1) is 10.5. The van der Waals surface area contributed by atoms with Crippen LogP contribution in [0, 0.1) is 5.92 Å². The number of pyridine rings is 1. The van der Waals surface area contributed by atoms with Gasteiger partial charge in [0.15, 0.2) is 0 Å². The number of aromatic nitrogens is 1. The SMILES string of the molecule is CNC1CC2CC2N1c1cccnc1.O=C(O)/C=C/C(=O)O. The van der Waals surface area contributed by atoms with Gasteiger partial charge in [-0.15, -0.1) is 0 Å². The second-order valence-electron chi connectivity index (χ2n) is 5.23. The second kappa shape index (κ2) is 7.04. The van der Waals surface area contributed by atoms with Crippen molar-refractivity contribution in [3.05, 3.63) is 36.7 Å². The average molecular weight is 305 g/mol. The number of nitrogens with zero attached hydrogens (tertiary/aromatic N) is 2. The number of hydrogen-bond acceptors (Lipinski definition) is 5. The summed E-state index contributed by atoms with van der Waals surface area (Å²) in [4.78, 5) is 25.8. The Morgan fingerprint density at radius 3 is 2.50 bits per heavy atom. The quantitative estimate of drug-likeness (QED) is 0.711. The van der Waals surface area contributed by atoms with Gasteiger partial charge in [-0.1, -0.05) is 0 Å². The molecule has 1 aromatic heterocycles. The lowest BCUT2D eigenvalue weighted by molar-refractivity contribution is -0.134. The zero-order valence-electron chi connectivity index (χ0n) is 12.2. The number of carboxylic acid groups (broad SMARTS) is 2. The van der Waals surface area contributed by atoms with Crippen molar-refractivity contribution in [3.8, 4) is 0 Å². The lowest BCUT2D eigenvalue weighted by atomic mass is 10.2. The van der Waals surface area contributed by atoms with Crippen LogP contribution in [0.3, 0.4) is 0 Å². The molecule has 22 heavy (non-hydrogen) atoms. The Morgan fingerprint density at radius 1 is 1.32 bits per heavy atom. The van der Waals surface area contributed by atoms with Crippen molar-refractivity contribution in [1.82, 2.24) is 10.3 Å². The maximum absolute atomic E-state index is 9.55. The number of piperidine rings is 1. The predicted octanol–water partition coefficient (Wildman–Crippen LogP) is 0.938. The maximum atomic E-state index is 9.55. The molecule has 0 aromatic carbocycles. The molecule has 3 atom stereocenters. The van der Waals surface area contributed by atoms with E-state index in [-0.39, 0.29) is 0 Å². The van der Waals surface area contributed by atoms with Crippen molar-refractivity contribution < 1.29 is 19.8 Å². The molecule has 3 rings (SSSR count).